The average molecular weight is 353 g/mol. The zero-order valence-electron chi connectivity index (χ0n) is 14.9. The first-order valence-electron chi connectivity index (χ1n) is 8.89. The molecule has 2 aromatic rings. The minimum atomic E-state index is 0.0795. The van der Waals surface area contributed by atoms with Gasteiger partial charge in [0.25, 0.3) is 5.91 Å². The number of benzene rings is 1. The van der Waals surface area contributed by atoms with Gasteiger partial charge in [0.1, 0.15) is 12.3 Å². The van der Waals surface area contributed by atoms with Gasteiger partial charge in [-0.05, 0) is 29.8 Å². The smallest absolute Gasteiger partial charge is 0.270 e. The molecule has 0 spiro atoms. The molecule has 26 heavy (non-hydrogen) atoms. The van der Waals surface area contributed by atoms with Gasteiger partial charge in [-0.25, -0.2) is 0 Å². The molecule has 1 N–H and O–H groups in total. The van der Waals surface area contributed by atoms with E-state index in [9.17, 15) is 4.79 Å². The molecule has 0 unspecified atom stereocenters. The normalized spacial score (nSPS) is 17.3. The average Bonchev–Trinajstić information content (AvgIpc) is 3.22. The van der Waals surface area contributed by atoms with E-state index < -0.39 is 0 Å². The van der Waals surface area contributed by atoms with Gasteiger partial charge in [-0.2, -0.15) is 0 Å². The zero-order chi connectivity index (χ0) is 17.9. The number of fused-ring (bicyclic) bond motifs is 1. The van der Waals surface area contributed by atoms with Crippen LogP contribution in [0, 0.1) is 0 Å². The maximum absolute atomic E-state index is 12.4. The Labute approximate surface area is 153 Å². The first kappa shape index (κ1) is 16.7. The Morgan fingerprint density at radius 1 is 1.19 bits per heavy atom. The molecule has 1 aromatic heterocycles. The second-order valence-electron chi connectivity index (χ2n) is 6.62. The van der Waals surface area contributed by atoms with Crippen molar-refractivity contribution in [3.8, 4) is 11.5 Å². The SMILES string of the molecule is COc1cccc2c1OCC(CN1CCN(C(=O)c3ccc[nH]3)CC1)=C2. The summed E-state index contributed by atoms with van der Waals surface area (Å²) in [7, 11) is 1.66. The van der Waals surface area contributed by atoms with Gasteiger partial charge < -0.3 is 19.4 Å². The fourth-order valence-corrected chi connectivity index (χ4v) is 3.51. The van der Waals surface area contributed by atoms with Crippen molar-refractivity contribution in [1.29, 1.82) is 0 Å². The van der Waals surface area contributed by atoms with Crippen LogP contribution in [0.25, 0.3) is 6.08 Å². The molecule has 1 fully saturated rings. The van der Waals surface area contributed by atoms with Gasteiger partial charge in [-0.15, -0.1) is 0 Å². The summed E-state index contributed by atoms with van der Waals surface area (Å²) in [5, 5.41) is 0. The number of para-hydroxylation sites is 1. The third kappa shape index (κ3) is 3.32. The first-order chi connectivity index (χ1) is 12.7. The minimum absolute atomic E-state index is 0.0795. The fourth-order valence-electron chi connectivity index (χ4n) is 3.51. The van der Waals surface area contributed by atoms with Crippen LogP contribution in [0.4, 0.5) is 0 Å². The highest BCUT2D eigenvalue weighted by Gasteiger charge is 2.24. The van der Waals surface area contributed by atoms with E-state index in [1.165, 1.54) is 5.57 Å². The van der Waals surface area contributed by atoms with Crippen LogP contribution in [0.2, 0.25) is 0 Å². The van der Waals surface area contributed by atoms with E-state index >= 15 is 0 Å². The van der Waals surface area contributed by atoms with E-state index in [2.05, 4.69) is 16.0 Å². The van der Waals surface area contributed by atoms with Crippen molar-refractivity contribution >= 4 is 12.0 Å². The van der Waals surface area contributed by atoms with Crippen LogP contribution in [0.3, 0.4) is 0 Å². The number of aromatic amines is 1. The van der Waals surface area contributed by atoms with Crippen molar-refractivity contribution in [3.63, 3.8) is 0 Å². The van der Waals surface area contributed by atoms with Crippen LogP contribution in [-0.2, 0) is 0 Å². The second-order valence-corrected chi connectivity index (χ2v) is 6.62. The number of carbonyl (C=O) groups is 1. The molecule has 0 radical (unpaired) electrons. The Kier molecular flexibility index (Phi) is 4.67. The number of piperazine rings is 1. The molecule has 0 atom stereocenters. The number of rotatable bonds is 4. The summed E-state index contributed by atoms with van der Waals surface area (Å²) in [6.45, 7) is 4.67. The van der Waals surface area contributed by atoms with Crippen LogP contribution in [-0.4, -0.2) is 67.1 Å². The summed E-state index contributed by atoms with van der Waals surface area (Å²) in [6, 6.07) is 9.62. The monoisotopic (exact) mass is 353 g/mol. The molecule has 1 amide bonds. The molecule has 1 aromatic carbocycles. The molecule has 0 aliphatic carbocycles. The van der Waals surface area contributed by atoms with E-state index in [4.69, 9.17) is 9.47 Å². The summed E-state index contributed by atoms with van der Waals surface area (Å²) < 4.78 is 11.3. The van der Waals surface area contributed by atoms with Crippen molar-refractivity contribution in [3.05, 3.63) is 53.4 Å². The lowest BCUT2D eigenvalue weighted by Gasteiger charge is -2.35. The number of ether oxygens (including phenoxy) is 2. The van der Waals surface area contributed by atoms with Gasteiger partial charge >= 0.3 is 0 Å². The molecule has 4 rings (SSSR count). The highest BCUT2D eigenvalue weighted by Crippen LogP contribution is 2.35. The van der Waals surface area contributed by atoms with E-state index in [0.717, 1.165) is 49.8 Å². The van der Waals surface area contributed by atoms with Gasteiger partial charge in [0.2, 0.25) is 0 Å². The lowest BCUT2D eigenvalue weighted by Crippen LogP contribution is -2.49. The van der Waals surface area contributed by atoms with Gasteiger partial charge in [-0.3, -0.25) is 9.69 Å². The maximum atomic E-state index is 12.4. The standard InChI is InChI=1S/C20H23N3O3/c1-25-18-6-2-4-16-12-15(14-26-19(16)18)13-22-8-10-23(11-9-22)20(24)17-5-3-7-21-17/h2-7,12,21H,8-11,13-14H2,1H3. The minimum Gasteiger partial charge on any atom is -0.493 e. The number of methoxy groups -OCH3 is 1. The highest BCUT2D eigenvalue weighted by molar-refractivity contribution is 5.92. The van der Waals surface area contributed by atoms with Gasteiger partial charge in [0.15, 0.2) is 11.5 Å². The van der Waals surface area contributed by atoms with E-state index in [1.807, 2.05) is 35.2 Å². The fraction of sp³-hybridized carbons (Fsp3) is 0.350. The van der Waals surface area contributed by atoms with E-state index in [-0.39, 0.29) is 5.91 Å². The Morgan fingerprint density at radius 3 is 2.77 bits per heavy atom. The molecule has 2 aliphatic heterocycles. The largest absolute Gasteiger partial charge is 0.493 e. The summed E-state index contributed by atoms with van der Waals surface area (Å²) in [6.07, 6.45) is 3.98. The third-order valence-corrected chi connectivity index (χ3v) is 4.91. The molecule has 0 bridgehead atoms. The summed E-state index contributed by atoms with van der Waals surface area (Å²) in [5.41, 5.74) is 2.97. The molecular formula is C20H23N3O3. The number of nitrogens with zero attached hydrogens (tertiary/aromatic N) is 2. The van der Waals surface area contributed by atoms with Gasteiger partial charge in [0.05, 0.1) is 7.11 Å². The number of aromatic nitrogens is 1. The van der Waals surface area contributed by atoms with Crippen LogP contribution < -0.4 is 9.47 Å². The van der Waals surface area contributed by atoms with Crippen molar-refractivity contribution in [2.45, 2.75) is 0 Å². The summed E-state index contributed by atoms with van der Waals surface area (Å²) >= 11 is 0. The molecule has 6 heteroatoms. The topological polar surface area (TPSA) is 57.8 Å². The lowest BCUT2D eigenvalue weighted by molar-refractivity contribution is 0.0640. The number of carbonyl (C=O) groups excluding carboxylic acids is 1. The second kappa shape index (κ2) is 7.25. The third-order valence-electron chi connectivity index (χ3n) is 4.91. The Morgan fingerprint density at radius 2 is 2.04 bits per heavy atom. The van der Waals surface area contributed by atoms with Crippen molar-refractivity contribution in [2.75, 3.05) is 46.4 Å². The van der Waals surface area contributed by atoms with Crippen molar-refractivity contribution in [2.24, 2.45) is 0 Å². The summed E-state index contributed by atoms with van der Waals surface area (Å²) in [5.74, 6) is 1.67. The predicted octanol–water partition coefficient (Wildman–Crippen LogP) is 2.26. The number of hydrogen-bond acceptors (Lipinski definition) is 4. The lowest BCUT2D eigenvalue weighted by atomic mass is 10.1. The maximum Gasteiger partial charge on any atom is 0.270 e. The number of H-pyrrole nitrogens is 1. The quantitative estimate of drug-likeness (QED) is 0.916. The molecular weight excluding hydrogens is 330 g/mol. The molecule has 6 nitrogen and oxygen atoms in total. The molecule has 3 heterocycles. The first-order valence-corrected chi connectivity index (χ1v) is 8.89. The van der Waals surface area contributed by atoms with Crippen molar-refractivity contribution < 1.29 is 14.3 Å². The van der Waals surface area contributed by atoms with E-state index in [0.29, 0.717) is 12.3 Å². The Bertz CT molecular complexity index is 806. The number of amides is 1. The Hall–Kier alpha value is -2.73. The number of hydrogen-bond donors (Lipinski definition) is 1. The highest BCUT2D eigenvalue weighted by atomic mass is 16.5. The zero-order valence-corrected chi connectivity index (χ0v) is 14.9. The van der Waals surface area contributed by atoms with Gasteiger partial charge in [0, 0.05) is 44.5 Å². The molecule has 1 saturated heterocycles. The predicted molar refractivity (Wildman–Crippen MR) is 99.6 cm³/mol. The van der Waals surface area contributed by atoms with Crippen LogP contribution in [0.15, 0.2) is 42.1 Å². The van der Waals surface area contributed by atoms with Crippen LogP contribution >= 0.6 is 0 Å². The molecule has 136 valence electrons. The van der Waals surface area contributed by atoms with Gasteiger partial charge in [-0.1, -0.05) is 12.1 Å². The molecule has 0 saturated carbocycles. The Balaban J connectivity index is 1.36. The van der Waals surface area contributed by atoms with Crippen molar-refractivity contribution in [1.82, 2.24) is 14.8 Å². The van der Waals surface area contributed by atoms with Crippen LogP contribution in [0.1, 0.15) is 16.1 Å². The summed E-state index contributed by atoms with van der Waals surface area (Å²) in [4.78, 5) is 19.7. The van der Waals surface area contributed by atoms with Crippen LogP contribution in [0.5, 0.6) is 11.5 Å². The number of nitrogens with one attached hydrogen (secondary N) is 1. The molecule has 2 aliphatic rings. The van der Waals surface area contributed by atoms with E-state index in [1.54, 1.807) is 13.3 Å².